The summed E-state index contributed by atoms with van der Waals surface area (Å²) >= 11 is 0.202. The van der Waals surface area contributed by atoms with Crippen molar-refractivity contribution in [3.63, 3.8) is 0 Å². The molecule has 0 amide bonds. The predicted octanol–water partition coefficient (Wildman–Crippen LogP) is -0.748. The highest BCUT2D eigenvalue weighted by molar-refractivity contribution is 7.86. The summed E-state index contributed by atoms with van der Waals surface area (Å²) < 4.78 is 65.7. The van der Waals surface area contributed by atoms with Crippen LogP contribution >= 0.6 is 0 Å². The van der Waals surface area contributed by atoms with Crippen LogP contribution in [0, 0.1) is 17.4 Å². The van der Waals surface area contributed by atoms with Gasteiger partial charge in [0.15, 0.2) is 13.7 Å². The molecule has 0 aromatic heterocycles. The van der Waals surface area contributed by atoms with E-state index in [2.05, 4.69) is 30.9 Å². The normalized spacial score (nSPS) is 11.6. The zero-order valence-corrected chi connectivity index (χ0v) is 14.2. The van der Waals surface area contributed by atoms with Crippen molar-refractivity contribution in [2.24, 2.45) is 0 Å². The van der Waals surface area contributed by atoms with Gasteiger partial charge in [-0.1, -0.05) is 0 Å². The van der Waals surface area contributed by atoms with Crippen LogP contribution in [-0.2, 0) is 10.1 Å². The van der Waals surface area contributed by atoms with Crippen LogP contribution in [0.4, 0.5) is 13.2 Å². The average Bonchev–Trinajstić information content (AvgIpc) is 2.26. The molecule has 116 valence electrons. The van der Waals surface area contributed by atoms with Crippen LogP contribution in [0.5, 0.6) is 5.75 Å². The smallest absolute Gasteiger partial charge is 0.485 e. The molecule has 0 fully saturated rings. The number of ether oxygens (including phenoxy) is 1. The Morgan fingerprint density at radius 2 is 1.55 bits per heavy atom. The van der Waals surface area contributed by atoms with Gasteiger partial charge in [0.2, 0.25) is 0 Å². The molecule has 0 radical (unpaired) electrons. The van der Waals surface area contributed by atoms with Crippen molar-refractivity contribution in [1.82, 2.24) is 0 Å². The maximum Gasteiger partial charge on any atom is 0.485 e. The second kappa shape index (κ2) is 7.46. The molecule has 0 N–H and O–H groups in total. The first-order chi connectivity index (χ1) is 8.94. The van der Waals surface area contributed by atoms with E-state index in [0.717, 1.165) is 5.75 Å². The van der Waals surface area contributed by atoms with Gasteiger partial charge in [0.05, 0.1) is 7.11 Å². The van der Waals surface area contributed by atoms with Crippen LogP contribution in [0.25, 0.3) is 0 Å². The molecule has 4 nitrogen and oxygen atoms in total. The Morgan fingerprint density at radius 3 is 1.75 bits per heavy atom. The Bertz CT molecular complexity index is 532. The minimum Gasteiger partial charge on any atom is -0.741 e. The minimum atomic E-state index is -6.09. The monoisotopic (exact) mass is 426 g/mol. The van der Waals surface area contributed by atoms with E-state index in [-0.39, 0.29) is 21.2 Å². The lowest BCUT2D eigenvalue weighted by Gasteiger charge is -2.08. The lowest BCUT2D eigenvalue weighted by Crippen LogP contribution is -3.60. The molecule has 0 bridgehead atoms. The quantitative estimate of drug-likeness (QED) is 0.270. The fraction of sp³-hybridized carbons (Fsp3) is 0.455. The first-order valence-corrected chi connectivity index (χ1v) is 9.75. The van der Waals surface area contributed by atoms with Gasteiger partial charge in [-0.2, -0.15) is 13.2 Å². The number of hydrogen-bond acceptors (Lipinski definition) is 4. The van der Waals surface area contributed by atoms with Crippen molar-refractivity contribution in [1.29, 1.82) is 0 Å². The molecule has 0 unspecified atom stereocenters. The maximum atomic E-state index is 10.7. The van der Waals surface area contributed by atoms with Gasteiger partial charge in [-0.25, -0.2) is 8.42 Å². The van der Waals surface area contributed by atoms with E-state index in [4.69, 9.17) is 17.7 Å². The summed E-state index contributed by atoms with van der Waals surface area (Å²) in [7, 11) is -4.36. The molecule has 0 aliphatic heterocycles. The number of halogens is 4. The molecule has 0 saturated carbocycles. The van der Waals surface area contributed by atoms with Crippen LogP contribution in [0.3, 0.4) is 0 Å². The Hall–Kier alpha value is -0.550. The first-order valence-electron chi connectivity index (χ1n) is 5.11. The molecular formula is C11H14F3IO4S. The van der Waals surface area contributed by atoms with Crippen LogP contribution in [0.1, 0.15) is 11.1 Å². The van der Waals surface area contributed by atoms with E-state index < -0.39 is 15.6 Å². The van der Waals surface area contributed by atoms with Crippen molar-refractivity contribution >= 4 is 10.1 Å². The summed E-state index contributed by atoms with van der Waals surface area (Å²) in [6.45, 7) is 4.21. The van der Waals surface area contributed by atoms with Crippen molar-refractivity contribution < 1.29 is 52.1 Å². The number of rotatable bonds is 2. The highest BCUT2D eigenvalue weighted by Crippen LogP contribution is 2.21. The zero-order valence-electron chi connectivity index (χ0n) is 11.2. The molecule has 0 aliphatic carbocycles. The molecule has 1 rings (SSSR count). The third kappa shape index (κ3) is 5.83. The molecule has 0 aliphatic rings. The van der Waals surface area contributed by atoms with Crippen LogP contribution < -0.4 is 25.9 Å². The molecular weight excluding hydrogens is 412 g/mol. The molecule has 0 spiro atoms. The third-order valence-electron chi connectivity index (χ3n) is 2.13. The van der Waals surface area contributed by atoms with Gasteiger partial charge in [-0.3, -0.25) is 0 Å². The van der Waals surface area contributed by atoms with Gasteiger partial charge in [0, 0.05) is 0 Å². The molecule has 20 heavy (non-hydrogen) atoms. The largest absolute Gasteiger partial charge is 0.741 e. The standard InChI is InChI=1S/C10H14IO.CHF3O3S/c1-7-5-9(11-3)6-8(2)10(7)12-4;2-1(3,4)8(5,6)7/h5-6H,1-4H3;(H,5,6,7)/q+1;/p-1. The van der Waals surface area contributed by atoms with Crippen molar-refractivity contribution in [3.8, 4) is 5.75 Å². The Labute approximate surface area is 126 Å². The lowest BCUT2D eigenvalue weighted by atomic mass is 10.1. The van der Waals surface area contributed by atoms with Gasteiger partial charge in [-0.15, -0.1) is 0 Å². The van der Waals surface area contributed by atoms with E-state index in [1.54, 1.807) is 7.11 Å². The molecule has 9 heteroatoms. The highest BCUT2D eigenvalue weighted by atomic mass is 127. The summed E-state index contributed by atoms with van der Waals surface area (Å²) in [5.41, 5.74) is -3.13. The average molecular weight is 426 g/mol. The maximum absolute atomic E-state index is 10.7. The van der Waals surface area contributed by atoms with Crippen molar-refractivity contribution in [2.45, 2.75) is 19.4 Å². The van der Waals surface area contributed by atoms with Gasteiger partial charge >= 0.3 is 26.7 Å². The fourth-order valence-electron chi connectivity index (χ4n) is 1.33. The van der Waals surface area contributed by atoms with Crippen LogP contribution in [0.15, 0.2) is 12.1 Å². The highest BCUT2D eigenvalue weighted by Gasteiger charge is 2.36. The minimum absolute atomic E-state index is 0.202. The van der Waals surface area contributed by atoms with Crippen LogP contribution in [-0.4, -0.2) is 30.5 Å². The zero-order chi connectivity index (χ0) is 16.1. The van der Waals surface area contributed by atoms with Gasteiger partial charge in [0.25, 0.3) is 0 Å². The summed E-state index contributed by atoms with van der Waals surface area (Å²) in [4.78, 5) is 2.28. The summed E-state index contributed by atoms with van der Waals surface area (Å²) in [6, 6.07) is 4.47. The second-order valence-electron chi connectivity index (χ2n) is 3.66. The predicted molar refractivity (Wildman–Crippen MR) is 62.8 cm³/mol. The van der Waals surface area contributed by atoms with E-state index >= 15 is 0 Å². The molecule has 1 aromatic rings. The summed E-state index contributed by atoms with van der Waals surface area (Å²) in [6.07, 6.45) is 0. The number of methoxy groups -OCH3 is 1. The van der Waals surface area contributed by atoms with Crippen LogP contribution in [0.2, 0.25) is 0 Å². The Balaban J connectivity index is 0.000000396. The molecule has 0 atom stereocenters. The molecule has 0 heterocycles. The topological polar surface area (TPSA) is 66.4 Å². The molecule has 0 saturated heterocycles. The number of hydrogen-bond donors (Lipinski definition) is 0. The van der Waals surface area contributed by atoms with Gasteiger partial charge in [0.1, 0.15) is 10.7 Å². The lowest BCUT2D eigenvalue weighted by molar-refractivity contribution is -0.597. The number of alkyl halides is 4. The van der Waals surface area contributed by atoms with Gasteiger partial charge in [-0.05, 0) is 37.1 Å². The second-order valence-corrected chi connectivity index (χ2v) is 7.36. The van der Waals surface area contributed by atoms with E-state index in [9.17, 15) is 13.2 Å². The van der Waals surface area contributed by atoms with Crippen molar-refractivity contribution in [2.75, 3.05) is 12.0 Å². The SMILES string of the molecule is COc1c(C)cc([I+]C)cc1C.O=S(=O)([O-])C(F)(F)F. The van der Waals surface area contributed by atoms with E-state index in [1.165, 1.54) is 14.7 Å². The number of aryl methyl sites for hydroxylation is 2. The van der Waals surface area contributed by atoms with Gasteiger partial charge < -0.3 is 9.29 Å². The number of benzene rings is 1. The summed E-state index contributed by atoms with van der Waals surface area (Å²) in [5.74, 6) is 1.04. The summed E-state index contributed by atoms with van der Waals surface area (Å²) in [5, 5.41) is 0. The third-order valence-corrected chi connectivity index (χ3v) is 4.57. The van der Waals surface area contributed by atoms with E-state index in [1.807, 2.05) is 0 Å². The Kier molecular flexibility index (Phi) is 7.25. The first kappa shape index (κ1) is 19.4. The fourth-order valence-corrected chi connectivity index (χ4v) is 2.89. The van der Waals surface area contributed by atoms with Crippen molar-refractivity contribution in [3.05, 3.63) is 26.8 Å². The Morgan fingerprint density at radius 1 is 1.20 bits per heavy atom. The molecule has 1 aromatic carbocycles. The van der Waals surface area contributed by atoms with E-state index in [0.29, 0.717) is 0 Å².